The molecule has 0 saturated carbocycles. The summed E-state index contributed by atoms with van der Waals surface area (Å²) in [6.45, 7) is 1.82. The fourth-order valence-electron chi connectivity index (χ4n) is 1.16. The zero-order valence-corrected chi connectivity index (χ0v) is 8.38. The molecule has 0 bridgehead atoms. The second-order valence-electron chi connectivity index (χ2n) is 3.10. The molecule has 0 aliphatic rings. The number of aryl methyl sites for hydroxylation is 2. The number of tetrazole rings is 1. The van der Waals surface area contributed by atoms with Crippen LogP contribution in [0.1, 0.15) is 22.0 Å². The number of ketones is 1. The first kappa shape index (κ1) is 9.45. The van der Waals surface area contributed by atoms with E-state index in [2.05, 4.69) is 20.4 Å². The van der Waals surface area contributed by atoms with Crippen LogP contribution in [0.25, 0.3) is 0 Å². The van der Waals surface area contributed by atoms with E-state index < -0.39 is 0 Å². The van der Waals surface area contributed by atoms with E-state index >= 15 is 0 Å². The number of hydrogen-bond acceptors (Lipinski definition) is 5. The van der Waals surface area contributed by atoms with E-state index in [4.69, 9.17) is 0 Å². The molecule has 2 aromatic rings. The van der Waals surface area contributed by atoms with Crippen molar-refractivity contribution < 1.29 is 4.79 Å². The van der Waals surface area contributed by atoms with Crippen molar-refractivity contribution in [3.63, 3.8) is 0 Å². The number of rotatable bonds is 2. The highest BCUT2D eigenvalue weighted by molar-refractivity contribution is 6.04. The van der Waals surface area contributed by atoms with E-state index in [-0.39, 0.29) is 11.6 Å². The third-order valence-electron chi connectivity index (χ3n) is 1.83. The van der Waals surface area contributed by atoms with Gasteiger partial charge in [-0.05, 0) is 24.3 Å². The van der Waals surface area contributed by atoms with Crippen LogP contribution in [0.15, 0.2) is 18.2 Å². The topological polar surface area (TPSA) is 73.6 Å². The van der Waals surface area contributed by atoms with Gasteiger partial charge in [-0.3, -0.25) is 4.79 Å². The molecule has 0 saturated heterocycles. The Morgan fingerprint density at radius 2 is 2.20 bits per heavy atom. The predicted molar refractivity (Wildman–Crippen MR) is 51.2 cm³/mol. The molecular weight excluding hydrogens is 194 g/mol. The maximum Gasteiger partial charge on any atom is 0.252 e. The molecule has 0 aliphatic carbocycles. The van der Waals surface area contributed by atoms with Crippen LogP contribution in [0.3, 0.4) is 0 Å². The van der Waals surface area contributed by atoms with Gasteiger partial charge in [-0.1, -0.05) is 6.07 Å². The second kappa shape index (κ2) is 3.56. The number of nitrogens with zero attached hydrogens (tertiary/aromatic N) is 5. The average molecular weight is 203 g/mol. The van der Waals surface area contributed by atoms with Crippen molar-refractivity contribution in [1.82, 2.24) is 25.2 Å². The molecule has 2 rings (SSSR count). The summed E-state index contributed by atoms with van der Waals surface area (Å²) in [5.41, 5.74) is 1.12. The van der Waals surface area contributed by atoms with E-state index in [9.17, 15) is 4.79 Å². The van der Waals surface area contributed by atoms with Crippen LogP contribution in [-0.4, -0.2) is 31.0 Å². The SMILES string of the molecule is Cc1cccc(C(=O)c2nnn(C)n2)n1. The molecule has 6 heteroatoms. The van der Waals surface area contributed by atoms with Crippen molar-refractivity contribution in [3.8, 4) is 0 Å². The Hall–Kier alpha value is -2.11. The maximum atomic E-state index is 11.8. The van der Waals surface area contributed by atoms with Crippen LogP contribution in [0.5, 0.6) is 0 Å². The number of carbonyl (C=O) groups is 1. The minimum absolute atomic E-state index is 0.0654. The molecule has 0 unspecified atom stereocenters. The van der Waals surface area contributed by atoms with Gasteiger partial charge in [0.1, 0.15) is 5.69 Å². The van der Waals surface area contributed by atoms with E-state index in [1.54, 1.807) is 19.2 Å². The van der Waals surface area contributed by atoms with E-state index in [0.29, 0.717) is 5.69 Å². The van der Waals surface area contributed by atoms with E-state index in [1.807, 2.05) is 13.0 Å². The van der Waals surface area contributed by atoms with Crippen LogP contribution in [-0.2, 0) is 7.05 Å². The first-order valence-corrected chi connectivity index (χ1v) is 4.39. The molecule has 15 heavy (non-hydrogen) atoms. The second-order valence-corrected chi connectivity index (χ2v) is 3.10. The van der Waals surface area contributed by atoms with E-state index in [0.717, 1.165) is 5.69 Å². The van der Waals surface area contributed by atoms with Gasteiger partial charge in [-0.15, -0.1) is 10.2 Å². The molecule has 0 aromatic carbocycles. The molecular formula is C9H9N5O. The van der Waals surface area contributed by atoms with Crippen molar-refractivity contribution >= 4 is 5.78 Å². The lowest BCUT2D eigenvalue weighted by Gasteiger charge is -1.96. The number of pyridine rings is 1. The lowest BCUT2D eigenvalue weighted by molar-refractivity contribution is 0.102. The molecule has 76 valence electrons. The lowest BCUT2D eigenvalue weighted by Crippen LogP contribution is -2.07. The third kappa shape index (κ3) is 1.88. The van der Waals surface area contributed by atoms with Crippen LogP contribution in [0.2, 0.25) is 0 Å². The zero-order chi connectivity index (χ0) is 10.8. The van der Waals surface area contributed by atoms with Gasteiger partial charge in [-0.25, -0.2) is 4.98 Å². The largest absolute Gasteiger partial charge is 0.283 e. The summed E-state index contributed by atoms with van der Waals surface area (Å²) in [5, 5.41) is 11.0. The monoisotopic (exact) mass is 203 g/mol. The summed E-state index contributed by atoms with van der Waals surface area (Å²) >= 11 is 0. The number of carbonyl (C=O) groups excluding carboxylic acids is 1. The smallest absolute Gasteiger partial charge is 0.252 e. The van der Waals surface area contributed by atoms with Gasteiger partial charge in [0.2, 0.25) is 5.82 Å². The normalized spacial score (nSPS) is 10.3. The molecule has 0 N–H and O–H groups in total. The van der Waals surface area contributed by atoms with Gasteiger partial charge >= 0.3 is 0 Å². The van der Waals surface area contributed by atoms with Crippen molar-refractivity contribution in [2.24, 2.45) is 7.05 Å². The average Bonchev–Trinajstić information content (AvgIpc) is 2.64. The van der Waals surface area contributed by atoms with Crippen LogP contribution in [0.4, 0.5) is 0 Å². The predicted octanol–water partition coefficient (Wildman–Crippen LogP) is 0.145. The molecule has 0 atom stereocenters. The fraction of sp³-hybridized carbons (Fsp3) is 0.222. The summed E-state index contributed by atoms with van der Waals surface area (Å²) in [4.78, 5) is 17.1. The molecule has 2 heterocycles. The first-order valence-electron chi connectivity index (χ1n) is 4.39. The molecule has 0 spiro atoms. The fourth-order valence-corrected chi connectivity index (χ4v) is 1.16. The number of aromatic nitrogens is 5. The van der Waals surface area contributed by atoms with Crippen LogP contribution < -0.4 is 0 Å². The summed E-state index contributed by atoms with van der Waals surface area (Å²) in [6, 6.07) is 5.22. The van der Waals surface area contributed by atoms with Crippen LogP contribution in [0, 0.1) is 6.92 Å². The molecule has 0 aliphatic heterocycles. The van der Waals surface area contributed by atoms with Crippen molar-refractivity contribution in [2.45, 2.75) is 6.92 Å². The van der Waals surface area contributed by atoms with Crippen LogP contribution >= 0.6 is 0 Å². The summed E-state index contributed by atoms with van der Waals surface area (Å²) in [7, 11) is 1.60. The maximum absolute atomic E-state index is 11.8. The molecule has 6 nitrogen and oxygen atoms in total. The van der Waals surface area contributed by atoms with Gasteiger partial charge < -0.3 is 0 Å². The van der Waals surface area contributed by atoms with Gasteiger partial charge in [-0.2, -0.15) is 4.80 Å². The minimum Gasteiger partial charge on any atom is -0.283 e. The minimum atomic E-state index is -0.313. The Morgan fingerprint density at radius 3 is 2.80 bits per heavy atom. The van der Waals surface area contributed by atoms with Crippen molar-refractivity contribution in [3.05, 3.63) is 35.4 Å². The van der Waals surface area contributed by atoms with Gasteiger partial charge in [0, 0.05) is 5.69 Å². The lowest BCUT2D eigenvalue weighted by atomic mass is 10.2. The van der Waals surface area contributed by atoms with Crippen molar-refractivity contribution in [2.75, 3.05) is 0 Å². The highest BCUT2D eigenvalue weighted by Crippen LogP contribution is 2.02. The van der Waals surface area contributed by atoms with Gasteiger partial charge in [0.05, 0.1) is 7.05 Å². The molecule has 0 radical (unpaired) electrons. The Bertz CT molecular complexity index is 505. The van der Waals surface area contributed by atoms with Crippen molar-refractivity contribution in [1.29, 1.82) is 0 Å². The molecule has 2 aromatic heterocycles. The molecule has 0 fully saturated rings. The first-order chi connectivity index (χ1) is 7.16. The Morgan fingerprint density at radius 1 is 1.40 bits per heavy atom. The quantitative estimate of drug-likeness (QED) is 0.649. The van der Waals surface area contributed by atoms with E-state index in [1.165, 1.54) is 4.80 Å². The summed E-state index contributed by atoms with van der Waals surface area (Å²) < 4.78 is 0. The standard InChI is InChI=1S/C9H9N5O/c1-6-4-3-5-7(10-6)8(15)9-11-13-14(2)12-9/h3-5H,1-2H3. The molecule has 0 amide bonds. The Kier molecular flexibility index (Phi) is 2.24. The number of hydrogen-bond donors (Lipinski definition) is 0. The highest BCUT2D eigenvalue weighted by atomic mass is 16.1. The third-order valence-corrected chi connectivity index (χ3v) is 1.83. The zero-order valence-electron chi connectivity index (χ0n) is 8.38. The highest BCUT2D eigenvalue weighted by Gasteiger charge is 2.15. The summed E-state index contributed by atoms with van der Waals surface area (Å²) in [6.07, 6.45) is 0. The summed E-state index contributed by atoms with van der Waals surface area (Å²) in [5.74, 6) is -0.248. The van der Waals surface area contributed by atoms with Gasteiger partial charge in [0.15, 0.2) is 0 Å². The van der Waals surface area contributed by atoms with Gasteiger partial charge in [0.25, 0.3) is 5.78 Å². The Labute approximate surface area is 85.9 Å². The Balaban J connectivity index is 2.36.